The molecular formula is C8H8Cl2S. The van der Waals surface area contributed by atoms with Gasteiger partial charge in [-0.2, -0.15) is 0 Å². The summed E-state index contributed by atoms with van der Waals surface area (Å²) >= 11 is 13.1. The van der Waals surface area contributed by atoms with Gasteiger partial charge in [0, 0.05) is 10.8 Å². The van der Waals surface area contributed by atoms with Gasteiger partial charge in [0.1, 0.15) is 0 Å². The van der Waals surface area contributed by atoms with E-state index in [1.165, 1.54) is 0 Å². The monoisotopic (exact) mass is 206 g/mol. The first kappa shape index (κ1) is 9.11. The number of hydrogen-bond donors (Lipinski definition) is 0. The molecule has 0 fully saturated rings. The van der Waals surface area contributed by atoms with Gasteiger partial charge in [0.2, 0.25) is 0 Å². The molecule has 0 saturated carbocycles. The minimum atomic E-state index is 0.627. The number of hydrogen-bond acceptors (Lipinski definition) is 1. The molecule has 0 atom stereocenters. The van der Waals surface area contributed by atoms with E-state index in [0.29, 0.717) is 5.88 Å². The maximum atomic E-state index is 5.94. The normalized spacial score (nSPS) is 12.0. The van der Waals surface area contributed by atoms with E-state index < -0.39 is 0 Å². The van der Waals surface area contributed by atoms with E-state index in [0.717, 1.165) is 16.3 Å². The average molecular weight is 207 g/mol. The Morgan fingerprint density at radius 2 is 2.45 bits per heavy atom. The summed E-state index contributed by atoms with van der Waals surface area (Å²) in [5, 5.41) is 2.81. The smallest absolute Gasteiger partial charge is 0.0538 e. The second-order valence-electron chi connectivity index (χ2n) is 2.01. The fourth-order valence-corrected chi connectivity index (χ4v) is 1.77. The van der Waals surface area contributed by atoms with Crippen molar-refractivity contribution < 1.29 is 0 Å². The topological polar surface area (TPSA) is 0 Å². The molecule has 1 rings (SSSR count). The minimum Gasteiger partial charge on any atom is -0.143 e. The SMILES string of the molecule is ClCC/C=C(/Cl)c1cccs1. The second-order valence-corrected chi connectivity index (χ2v) is 3.74. The summed E-state index contributed by atoms with van der Waals surface area (Å²) in [4.78, 5) is 1.11. The van der Waals surface area contributed by atoms with Crippen molar-refractivity contribution in [2.24, 2.45) is 0 Å². The van der Waals surface area contributed by atoms with Crippen LogP contribution in [0.25, 0.3) is 5.03 Å². The zero-order valence-corrected chi connectivity index (χ0v) is 8.22. The maximum absolute atomic E-state index is 5.94. The summed E-state index contributed by atoms with van der Waals surface area (Å²) in [5.41, 5.74) is 0. The van der Waals surface area contributed by atoms with Crippen LogP contribution in [0.4, 0.5) is 0 Å². The molecule has 0 nitrogen and oxygen atoms in total. The van der Waals surface area contributed by atoms with E-state index in [9.17, 15) is 0 Å². The van der Waals surface area contributed by atoms with Crippen LogP contribution in [0.3, 0.4) is 0 Å². The molecule has 0 saturated heterocycles. The Morgan fingerprint density at radius 3 is 3.00 bits per heavy atom. The Bertz CT molecular complexity index is 226. The van der Waals surface area contributed by atoms with Crippen LogP contribution in [0.15, 0.2) is 23.6 Å². The van der Waals surface area contributed by atoms with Gasteiger partial charge in [-0.3, -0.25) is 0 Å². The fraction of sp³-hybridized carbons (Fsp3) is 0.250. The van der Waals surface area contributed by atoms with Gasteiger partial charge < -0.3 is 0 Å². The van der Waals surface area contributed by atoms with Crippen LogP contribution in [-0.2, 0) is 0 Å². The summed E-state index contributed by atoms with van der Waals surface area (Å²) < 4.78 is 0. The van der Waals surface area contributed by atoms with E-state index >= 15 is 0 Å². The van der Waals surface area contributed by atoms with Gasteiger partial charge in [-0.05, 0) is 17.9 Å². The molecule has 0 amide bonds. The lowest BCUT2D eigenvalue weighted by molar-refractivity contribution is 1.24. The molecule has 11 heavy (non-hydrogen) atoms. The van der Waals surface area contributed by atoms with E-state index in [-0.39, 0.29) is 0 Å². The van der Waals surface area contributed by atoms with Crippen molar-refractivity contribution in [3.63, 3.8) is 0 Å². The zero-order valence-electron chi connectivity index (χ0n) is 5.89. The molecular weight excluding hydrogens is 199 g/mol. The highest BCUT2D eigenvalue weighted by Gasteiger charge is 1.96. The van der Waals surface area contributed by atoms with Crippen molar-refractivity contribution in [1.29, 1.82) is 0 Å². The molecule has 0 aliphatic heterocycles. The van der Waals surface area contributed by atoms with Crippen molar-refractivity contribution in [2.75, 3.05) is 5.88 Å². The highest BCUT2D eigenvalue weighted by atomic mass is 35.5. The molecule has 0 aromatic carbocycles. The Balaban J connectivity index is 2.62. The Kier molecular flexibility index (Phi) is 3.98. The number of allylic oxidation sites excluding steroid dienone is 1. The molecule has 1 aromatic rings. The van der Waals surface area contributed by atoms with Gasteiger partial charge in [0.25, 0.3) is 0 Å². The molecule has 0 radical (unpaired) electrons. The fourth-order valence-electron chi connectivity index (χ4n) is 0.696. The summed E-state index contributed by atoms with van der Waals surface area (Å²) in [5.74, 6) is 0.627. The van der Waals surface area contributed by atoms with Crippen molar-refractivity contribution in [3.8, 4) is 0 Å². The lowest BCUT2D eigenvalue weighted by atomic mass is 10.3. The summed E-state index contributed by atoms with van der Waals surface area (Å²) in [6.07, 6.45) is 2.78. The number of thiophene rings is 1. The average Bonchev–Trinajstić information content (AvgIpc) is 2.52. The van der Waals surface area contributed by atoms with Crippen molar-refractivity contribution in [2.45, 2.75) is 6.42 Å². The molecule has 0 unspecified atom stereocenters. The quantitative estimate of drug-likeness (QED) is 0.658. The molecule has 0 aliphatic carbocycles. The van der Waals surface area contributed by atoms with E-state index in [1.54, 1.807) is 11.3 Å². The van der Waals surface area contributed by atoms with Gasteiger partial charge >= 0.3 is 0 Å². The number of alkyl halides is 1. The molecule has 1 aromatic heterocycles. The first-order valence-electron chi connectivity index (χ1n) is 3.30. The van der Waals surface area contributed by atoms with Crippen LogP contribution in [0, 0.1) is 0 Å². The van der Waals surface area contributed by atoms with Crippen LogP contribution in [0.2, 0.25) is 0 Å². The number of halogens is 2. The van der Waals surface area contributed by atoms with Gasteiger partial charge in [-0.25, -0.2) is 0 Å². The van der Waals surface area contributed by atoms with Crippen LogP contribution >= 0.6 is 34.5 Å². The maximum Gasteiger partial charge on any atom is 0.0538 e. The molecule has 60 valence electrons. The van der Waals surface area contributed by atoms with Crippen LogP contribution in [0.1, 0.15) is 11.3 Å². The Morgan fingerprint density at radius 1 is 1.64 bits per heavy atom. The number of rotatable bonds is 3. The third kappa shape index (κ3) is 2.86. The standard InChI is InChI=1S/C8H8Cl2S/c9-5-1-3-7(10)8-4-2-6-11-8/h2-4,6H,1,5H2/b7-3+. The van der Waals surface area contributed by atoms with Gasteiger partial charge in [0.15, 0.2) is 0 Å². The molecule has 1 heterocycles. The molecule has 0 N–H and O–H groups in total. The summed E-state index contributed by atoms with van der Waals surface area (Å²) in [6.45, 7) is 0. The Hall–Kier alpha value is 0.0200. The molecule has 0 bridgehead atoms. The lowest BCUT2D eigenvalue weighted by Crippen LogP contribution is -1.70. The van der Waals surface area contributed by atoms with E-state index in [1.807, 2.05) is 23.6 Å². The van der Waals surface area contributed by atoms with Gasteiger partial charge in [-0.1, -0.05) is 23.7 Å². The molecule has 0 spiro atoms. The first-order valence-corrected chi connectivity index (χ1v) is 5.09. The highest BCUT2D eigenvalue weighted by molar-refractivity contribution is 7.12. The van der Waals surface area contributed by atoms with Crippen LogP contribution < -0.4 is 0 Å². The zero-order chi connectivity index (χ0) is 8.10. The molecule has 0 aliphatic rings. The third-order valence-electron chi connectivity index (χ3n) is 1.19. The van der Waals surface area contributed by atoms with E-state index in [2.05, 4.69) is 0 Å². The third-order valence-corrected chi connectivity index (χ3v) is 2.78. The first-order chi connectivity index (χ1) is 5.34. The predicted molar refractivity (Wildman–Crippen MR) is 53.5 cm³/mol. The summed E-state index contributed by atoms with van der Waals surface area (Å²) in [6, 6.07) is 3.98. The second kappa shape index (κ2) is 4.81. The Labute approximate surface area is 80.4 Å². The summed E-state index contributed by atoms with van der Waals surface area (Å²) in [7, 11) is 0. The van der Waals surface area contributed by atoms with Crippen molar-refractivity contribution in [3.05, 3.63) is 28.5 Å². The largest absolute Gasteiger partial charge is 0.143 e. The van der Waals surface area contributed by atoms with Crippen molar-refractivity contribution >= 4 is 39.6 Å². The van der Waals surface area contributed by atoms with Gasteiger partial charge in [-0.15, -0.1) is 22.9 Å². The van der Waals surface area contributed by atoms with E-state index in [4.69, 9.17) is 23.2 Å². The van der Waals surface area contributed by atoms with Crippen LogP contribution in [-0.4, -0.2) is 5.88 Å². The lowest BCUT2D eigenvalue weighted by Gasteiger charge is -1.91. The minimum absolute atomic E-state index is 0.627. The van der Waals surface area contributed by atoms with Gasteiger partial charge in [0.05, 0.1) is 5.03 Å². The molecule has 3 heteroatoms. The predicted octanol–water partition coefficient (Wildman–Crippen LogP) is 3.96. The van der Waals surface area contributed by atoms with Crippen LogP contribution in [0.5, 0.6) is 0 Å². The van der Waals surface area contributed by atoms with Crippen molar-refractivity contribution in [1.82, 2.24) is 0 Å². The highest BCUT2D eigenvalue weighted by Crippen LogP contribution is 2.23.